The first kappa shape index (κ1) is 14.2. The molecule has 2 nitrogen and oxygen atoms in total. The summed E-state index contributed by atoms with van der Waals surface area (Å²) in [5, 5.41) is 0. The Bertz CT molecular complexity index is 199. The summed E-state index contributed by atoms with van der Waals surface area (Å²) in [6, 6.07) is 0. The van der Waals surface area contributed by atoms with E-state index in [0.29, 0.717) is 6.42 Å². The second kappa shape index (κ2) is 7.49. The smallest absolute Gasteiger partial charge is 0.310 e. The van der Waals surface area contributed by atoms with Crippen LogP contribution in [-0.2, 0) is 9.53 Å². The zero-order valence-corrected chi connectivity index (χ0v) is 10.3. The van der Waals surface area contributed by atoms with E-state index in [1.807, 2.05) is 0 Å². The van der Waals surface area contributed by atoms with E-state index in [1.165, 1.54) is 25.5 Å². The summed E-state index contributed by atoms with van der Waals surface area (Å²) in [5.74, 6) is -0.166. The normalized spacial score (nSPS) is 14.3. The number of carbonyl (C=O) groups excluding carboxylic acids is 1. The van der Waals surface area contributed by atoms with Crippen LogP contribution in [0.15, 0.2) is 12.8 Å². The maximum atomic E-state index is 11.2. The largest absolute Gasteiger partial charge is 0.435 e. The first-order valence-electron chi connectivity index (χ1n) is 5.88. The molecule has 0 heterocycles. The lowest BCUT2D eigenvalue weighted by Gasteiger charge is -2.27. The van der Waals surface area contributed by atoms with E-state index in [9.17, 15) is 4.79 Å². The van der Waals surface area contributed by atoms with Crippen LogP contribution >= 0.6 is 0 Å². The van der Waals surface area contributed by atoms with Crippen molar-refractivity contribution in [1.29, 1.82) is 0 Å². The summed E-state index contributed by atoms with van der Waals surface area (Å²) in [7, 11) is 0. The number of carbonyl (C=O) groups is 1. The highest BCUT2D eigenvalue weighted by atomic mass is 16.5. The number of ether oxygens (including phenoxy) is 1. The van der Waals surface area contributed by atoms with E-state index in [4.69, 9.17) is 4.74 Å². The Kier molecular flexibility index (Phi) is 7.10. The molecule has 0 aromatic rings. The van der Waals surface area contributed by atoms with E-state index in [1.54, 1.807) is 0 Å². The Hall–Kier alpha value is -0.790. The van der Waals surface area contributed by atoms with E-state index in [-0.39, 0.29) is 11.4 Å². The Morgan fingerprint density at radius 3 is 2.53 bits per heavy atom. The highest BCUT2D eigenvalue weighted by Gasteiger charge is 2.22. The van der Waals surface area contributed by atoms with Crippen molar-refractivity contribution >= 4 is 5.97 Å². The Balaban J connectivity index is 3.96. The van der Waals surface area contributed by atoms with Crippen LogP contribution in [0.2, 0.25) is 0 Å². The predicted molar refractivity (Wildman–Crippen MR) is 63.4 cm³/mol. The van der Waals surface area contributed by atoms with Gasteiger partial charge in [0.2, 0.25) is 0 Å². The van der Waals surface area contributed by atoms with Gasteiger partial charge >= 0.3 is 5.97 Å². The zero-order chi connectivity index (χ0) is 11.7. The SMILES string of the molecule is C=COC(=O)CCC(C)(CC)CCCC. The van der Waals surface area contributed by atoms with E-state index in [2.05, 4.69) is 27.4 Å². The molecular weight excluding hydrogens is 188 g/mol. The minimum atomic E-state index is -0.166. The van der Waals surface area contributed by atoms with Gasteiger partial charge in [0.15, 0.2) is 0 Å². The van der Waals surface area contributed by atoms with Crippen molar-refractivity contribution in [3.05, 3.63) is 12.8 Å². The highest BCUT2D eigenvalue weighted by molar-refractivity contribution is 5.69. The third kappa shape index (κ3) is 6.32. The van der Waals surface area contributed by atoms with Gasteiger partial charge in [0.05, 0.1) is 6.26 Å². The van der Waals surface area contributed by atoms with Crippen molar-refractivity contribution in [2.24, 2.45) is 5.41 Å². The van der Waals surface area contributed by atoms with Gasteiger partial charge in [-0.05, 0) is 18.3 Å². The molecule has 1 atom stereocenters. The lowest BCUT2D eigenvalue weighted by atomic mass is 9.78. The molecule has 88 valence electrons. The molecular formula is C13H24O2. The van der Waals surface area contributed by atoms with Gasteiger partial charge in [-0.15, -0.1) is 0 Å². The van der Waals surface area contributed by atoms with E-state index < -0.39 is 0 Å². The first-order valence-corrected chi connectivity index (χ1v) is 5.88. The second-order valence-electron chi connectivity index (χ2n) is 4.42. The van der Waals surface area contributed by atoms with Gasteiger partial charge in [-0.2, -0.15) is 0 Å². The summed E-state index contributed by atoms with van der Waals surface area (Å²) >= 11 is 0. The molecule has 0 N–H and O–H groups in total. The molecule has 0 bridgehead atoms. The maximum Gasteiger partial charge on any atom is 0.310 e. The fraction of sp³-hybridized carbons (Fsp3) is 0.769. The fourth-order valence-corrected chi connectivity index (χ4v) is 1.64. The number of esters is 1. The van der Waals surface area contributed by atoms with Crippen molar-refractivity contribution in [1.82, 2.24) is 0 Å². The highest BCUT2D eigenvalue weighted by Crippen LogP contribution is 2.33. The molecule has 2 heteroatoms. The van der Waals surface area contributed by atoms with Crippen LogP contribution in [0.3, 0.4) is 0 Å². The monoisotopic (exact) mass is 212 g/mol. The summed E-state index contributed by atoms with van der Waals surface area (Å²) in [4.78, 5) is 11.2. The summed E-state index contributed by atoms with van der Waals surface area (Å²) in [5.41, 5.74) is 0.288. The predicted octanol–water partition coefficient (Wildman–Crippen LogP) is 4.06. The third-order valence-corrected chi connectivity index (χ3v) is 3.13. The van der Waals surface area contributed by atoms with Gasteiger partial charge in [0.1, 0.15) is 0 Å². The van der Waals surface area contributed by atoms with Crippen molar-refractivity contribution in [2.75, 3.05) is 0 Å². The Morgan fingerprint density at radius 1 is 1.40 bits per heavy atom. The molecule has 0 saturated carbocycles. The summed E-state index contributed by atoms with van der Waals surface area (Å²) in [6.45, 7) is 10.0. The van der Waals surface area contributed by atoms with E-state index in [0.717, 1.165) is 12.8 Å². The van der Waals surface area contributed by atoms with Gasteiger partial charge in [-0.25, -0.2) is 0 Å². The molecule has 0 aromatic carbocycles. The summed E-state index contributed by atoms with van der Waals surface area (Å²) < 4.78 is 4.71. The van der Waals surface area contributed by atoms with E-state index >= 15 is 0 Å². The van der Waals surface area contributed by atoms with Gasteiger partial charge in [-0.3, -0.25) is 4.79 Å². The van der Waals surface area contributed by atoms with Crippen molar-refractivity contribution in [3.63, 3.8) is 0 Å². The van der Waals surface area contributed by atoms with Crippen LogP contribution < -0.4 is 0 Å². The lowest BCUT2D eigenvalue weighted by molar-refractivity contribution is -0.138. The number of hydrogen-bond acceptors (Lipinski definition) is 2. The maximum absolute atomic E-state index is 11.2. The van der Waals surface area contributed by atoms with Crippen LogP contribution in [0.5, 0.6) is 0 Å². The van der Waals surface area contributed by atoms with Crippen LogP contribution in [0, 0.1) is 5.41 Å². The number of hydrogen-bond donors (Lipinski definition) is 0. The molecule has 0 fully saturated rings. The average Bonchev–Trinajstić information content (AvgIpc) is 2.24. The molecule has 0 spiro atoms. The van der Waals surface area contributed by atoms with Crippen LogP contribution in [0.25, 0.3) is 0 Å². The minimum absolute atomic E-state index is 0.166. The lowest BCUT2D eigenvalue weighted by Crippen LogP contribution is -2.17. The molecule has 0 aliphatic rings. The molecule has 0 rings (SSSR count). The minimum Gasteiger partial charge on any atom is -0.435 e. The Morgan fingerprint density at radius 2 is 2.07 bits per heavy atom. The Labute approximate surface area is 93.7 Å². The van der Waals surface area contributed by atoms with Gasteiger partial charge in [0.25, 0.3) is 0 Å². The van der Waals surface area contributed by atoms with Crippen LogP contribution in [0.1, 0.15) is 59.3 Å². The molecule has 1 unspecified atom stereocenters. The average molecular weight is 212 g/mol. The number of rotatable bonds is 8. The molecule has 0 saturated heterocycles. The van der Waals surface area contributed by atoms with Crippen LogP contribution in [0.4, 0.5) is 0 Å². The van der Waals surface area contributed by atoms with Crippen molar-refractivity contribution in [3.8, 4) is 0 Å². The molecule has 0 aliphatic carbocycles. The third-order valence-electron chi connectivity index (χ3n) is 3.13. The quantitative estimate of drug-likeness (QED) is 0.448. The second-order valence-corrected chi connectivity index (χ2v) is 4.42. The molecule has 0 amide bonds. The fourth-order valence-electron chi connectivity index (χ4n) is 1.64. The zero-order valence-electron chi connectivity index (χ0n) is 10.3. The van der Waals surface area contributed by atoms with Gasteiger partial charge in [0, 0.05) is 6.42 Å². The van der Waals surface area contributed by atoms with Gasteiger partial charge < -0.3 is 4.74 Å². The number of unbranched alkanes of at least 4 members (excludes halogenated alkanes) is 1. The molecule has 0 radical (unpaired) electrons. The van der Waals surface area contributed by atoms with Crippen LogP contribution in [-0.4, -0.2) is 5.97 Å². The first-order chi connectivity index (χ1) is 7.08. The topological polar surface area (TPSA) is 26.3 Å². The van der Waals surface area contributed by atoms with Crippen molar-refractivity contribution in [2.45, 2.75) is 59.3 Å². The summed E-state index contributed by atoms with van der Waals surface area (Å²) in [6.07, 6.45) is 7.39. The molecule has 15 heavy (non-hydrogen) atoms. The molecule has 0 aliphatic heterocycles. The standard InChI is InChI=1S/C13H24O2/c1-5-8-10-13(4,6-2)11-9-12(14)15-7-3/h7H,3,5-6,8-11H2,1-2,4H3. The van der Waals surface area contributed by atoms with Crippen molar-refractivity contribution < 1.29 is 9.53 Å². The van der Waals surface area contributed by atoms with Gasteiger partial charge in [-0.1, -0.05) is 46.6 Å². The molecule has 0 aromatic heterocycles.